The van der Waals surface area contributed by atoms with Crippen LogP contribution in [0, 0.1) is 0 Å². The molecule has 0 radical (unpaired) electrons. The van der Waals surface area contributed by atoms with Gasteiger partial charge in [0.1, 0.15) is 11.9 Å². The number of hydrogen-bond donors (Lipinski definition) is 1. The first-order valence-electron chi connectivity index (χ1n) is 6.42. The van der Waals surface area contributed by atoms with Gasteiger partial charge in [0.2, 0.25) is 0 Å². The lowest BCUT2D eigenvalue weighted by atomic mass is 10.1. The van der Waals surface area contributed by atoms with Gasteiger partial charge in [-0.15, -0.1) is 11.3 Å². The molecule has 0 aliphatic heterocycles. The molecule has 108 valence electrons. The number of benzene rings is 1. The van der Waals surface area contributed by atoms with Gasteiger partial charge >= 0.3 is 0 Å². The molecular formula is C15H19ClN2OS. The first-order chi connectivity index (χ1) is 9.47. The van der Waals surface area contributed by atoms with Crippen molar-refractivity contribution < 1.29 is 4.74 Å². The Bertz CT molecular complexity index is 569. The summed E-state index contributed by atoms with van der Waals surface area (Å²) < 4.78 is 6.81. The highest BCUT2D eigenvalue weighted by atomic mass is 35.5. The SMILES string of the molecule is CC(N)C(Oc1cccc(N(C)C)c1)c1ccc(Cl)s1. The highest BCUT2D eigenvalue weighted by Gasteiger charge is 2.20. The number of hydrogen-bond acceptors (Lipinski definition) is 4. The van der Waals surface area contributed by atoms with E-state index >= 15 is 0 Å². The average Bonchev–Trinajstić information content (AvgIpc) is 2.82. The second-order valence-electron chi connectivity index (χ2n) is 4.93. The number of nitrogens with two attached hydrogens (primary N) is 1. The molecule has 2 rings (SSSR count). The van der Waals surface area contributed by atoms with Gasteiger partial charge in [-0.3, -0.25) is 0 Å². The highest BCUT2D eigenvalue weighted by Crippen LogP contribution is 2.32. The fourth-order valence-corrected chi connectivity index (χ4v) is 3.09. The zero-order chi connectivity index (χ0) is 14.7. The van der Waals surface area contributed by atoms with Crippen molar-refractivity contribution in [2.24, 2.45) is 5.73 Å². The second-order valence-corrected chi connectivity index (χ2v) is 6.68. The van der Waals surface area contributed by atoms with Crippen molar-refractivity contribution >= 4 is 28.6 Å². The molecule has 0 aliphatic rings. The van der Waals surface area contributed by atoms with Gasteiger partial charge in [-0.2, -0.15) is 0 Å². The van der Waals surface area contributed by atoms with Crippen molar-refractivity contribution in [1.29, 1.82) is 0 Å². The zero-order valence-electron chi connectivity index (χ0n) is 11.8. The van der Waals surface area contributed by atoms with E-state index in [0.29, 0.717) is 0 Å². The summed E-state index contributed by atoms with van der Waals surface area (Å²) in [5, 5.41) is 0. The Morgan fingerprint density at radius 1 is 1.25 bits per heavy atom. The molecule has 0 spiro atoms. The lowest BCUT2D eigenvalue weighted by Gasteiger charge is -2.22. The largest absolute Gasteiger partial charge is 0.483 e. The number of ether oxygens (including phenoxy) is 1. The van der Waals surface area contributed by atoms with Gasteiger partial charge in [0.15, 0.2) is 0 Å². The Balaban J connectivity index is 2.22. The standard InChI is InChI=1S/C15H19ClN2OS/c1-10(17)15(13-7-8-14(16)20-13)19-12-6-4-5-11(9-12)18(2)3/h4-10,15H,17H2,1-3H3. The van der Waals surface area contributed by atoms with E-state index < -0.39 is 0 Å². The second kappa shape index (κ2) is 6.48. The lowest BCUT2D eigenvalue weighted by Crippen LogP contribution is -2.28. The third kappa shape index (κ3) is 3.66. The van der Waals surface area contributed by atoms with Gasteiger partial charge in [-0.25, -0.2) is 0 Å². The molecule has 20 heavy (non-hydrogen) atoms. The van der Waals surface area contributed by atoms with Crippen LogP contribution in [0.1, 0.15) is 17.9 Å². The van der Waals surface area contributed by atoms with Crippen molar-refractivity contribution in [3.63, 3.8) is 0 Å². The molecule has 0 bridgehead atoms. The van der Waals surface area contributed by atoms with E-state index in [1.807, 2.05) is 62.3 Å². The maximum Gasteiger partial charge on any atom is 0.148 e. The maximum atomic E-state index is 6.07. The van der Waals surface area contributed by atoms with E-state index in [1.165, 1.54) is 11.3 Å². The molecule has 1 aromatic heterocycles. The summed E-state index contributed by atoms with van der Waals surface area (Å²) in [6.45, 7) is 1.94. The van der Waals surface area contributed by atoms with E-state index in [-0.39, 0.29) is 12.1 Å². The monoisotopic (exact) mass is 310 g/mol. The molecule has 0 amide bonds. The molecule has 5 heteroatoms. The summed E-state index contributed by atoms with van der Waals surface area (Å²) in [5.41, 5.74) is 7.14. The van der Waals surface area contributed by atoms with Gasteiger partial charge in [0.25, 0.3) is 0 Å². The van der Waals surface area contributed by atoms with Crippen LogP contribution in [-0.4, -0.2) is 20.1 Å². The molecule has 1 heterocycles. The Hall–Kier alpha value is -1.23. The number of thiophene rings is 1. The molecule has 2 N–H and O–H groups in total. The summed E-state index contributed by atoms with van der Waals surface area (Å²) >= 11 is 7.50. The summed E-state index contributed by atoms with van der Waals surface area (Å²) in [6.07, 6.45) is -0.190. The zero-order valence-corrected chi connectivity index (χ0v) is 13.4. The highest BCUT2D eigenvalue weighted by molar-refractivity contribution is 7.16. The normalized spacial score (nSPS) is 13.8. The van der Waals surface area contributed by atoms with Crippen LogP contribution in [0.4, 0.5) is 5.69 Å². The molecule has 2 aromatic rings. The van der Waals surface area contributed by atoms with Crippen LogP contribution in [0.5, 0.6) is 5.75 Å². The van der Waals surface area contributed by atoms with E-state index in [9.17, 15) is 0 Å². The topological polar surface area (TPSA) is 38.5 Å². The van der Waals surface area contributed by atoms with Crippen LogP contribution in [0.2, 0.25) is 4.34 Å². The first-order valence-corrected chi connectivity index (χ1v) is 7.61. The third-order valence-electron chi connectivity index (χ3n) is 2.95. The predicted octanol–water partition coefficient (Wildman–Crippen LogP) is 3.93. The first kappa shape index (κ1) is 15.2. The van der Waals surface area contributed by atoms with Crippen LogP contribution < -0.4 is 15.4 Å². The molecule has 0 aliphatic carbocycles. The van der Waals surface area contributed by atoms with Crippen molar-refractivity contribution in [3.05, 3.63) is 45.6 Å². The van der Waals surface area contributed by atoms with Crippen molar-refractivity contribution in [2.75, 3.05) is 19.0 Å². The maximum absolute atomic E-state index is 6.07. The van der Waals surface area contributed by atoms with Gasteiger partial charge in [-0.05, 0) is 31.2 Å². The van der Waals surface area contributed by atoms with E-state index in [2.05, 4.69) is 0 Å². The number of rotatable bonds is 5. The molecular weight excluding hydrogens is 292 g/mol. The number of nitrogens with zero attached hydrogens (tertiary/aromatic N) is 1. The number of halogens is 1. The smallest absolute Gasteiger partial charge is 0.148 e. The minimum Gasteiger partial charge on any atom is -0.483 e. The summed E-state index contributed by atoms with van der Waals surface area (Å²) in [5.74, 6) is 0.808. The van der Waals surface area contributed by atoms with Crippen LogP contribution in [0.25, 0.3) is 0 Å². The molecule has 0 saturated carbocycles. The van der Waals surface area contributed by atoms with Gasteiger partial charge in [0.05, 0.1) is 4.34 Å². The molecule has 3 nitrogen and oxygen atoms in total. The molecule has 0 fully saturated rings. The van der Waals surface area contributed by atoms with E-state index in [4.69, 9.17) is 22.1 Å². The Morgan fingerprint density at radius 2 is 2.00 bits per heavy atom. The number of anilines is 1. The minimum atomic E-state index is -0.190. The average molecular weight is 311 g/mol. The lowest BCUT2D eigenvalue weighted by molar-refractivity contribution is 0.184. The molecule has 1 aromatic carbocycles. The van der Waals surface area contributed by atoms with Crippen LogP contribution in [0.3, 0.4) is 0 Å². The predicted molar refractivity (Wildman–Crippen MR) is 87.1 cm³/mol. The fourth-order valence-electron chi connectivity index (χ4n) is 1.89. The van der Waals surface area contributed by atoms with Crippen molar-refractivity contribution in [2.45, 2.75) is 19.1 Å². The Morgan fingerprint density at radius 3 is 2.55 bits per heavy atom. The molecule has 2 unspecified atom stereocenters. The Labute approximate surface area is 128 Å². The Kier molecular flexibility index (Phi) is 4.91. The van der Waals surface area contributed by atoms with Crippen molar-refractivity contribution in [3.8, 4) is 5.75 Å². The minimum absolute atomic E-state index is 0.118. The fraction of sp³-hybridized carbons (Fsp3) is 0.333. The van der Waals surface area contributed by atoms with E-state index in [1.54, 1.807) is 0 Å². The van der Waals surface area contributed by atoms with Crippen LogP contribution in [0.15, 0.2) is 36.4 Å². The summed E-state index contributed by atoms with van der Waals surface area (Å²) in [7, 11) is 4.00. The van der Waals surface area contributed by atoms with Crippen LogP contribution >= 0.6 is 22.9 Å². The van der Waals surface area contributed by atoms with Gasteiger partial charge in [-0.1, -0.05) is 17.7 Å². The third-order valence-corrected chi connectivity index (χ3v) is 4.24. The molecule has 0 saturated heterocycles. The summed E-state index contributed by atoms with van der Waals surface area (Å²) in [4.78, 5) is 3.08. The van der Waals surface area contributed by atoms with Crippen molar-refractivity contribution in [1.82, 2.24) is 0 Å². The quantitative estimate of drug-likeness (QED) is 0.909. The van der Waals surface area contributed by atoms with Gasteiger partial charge in [0, 0.05) is 36.8 Å². The van der Waals surface area contributed by atoms with Crippen LogP contribution in [-0.2, 0) is 0 Å². The van der Waals surface area contributed by atoms with Gasteiger partial charge < -0.3 is 15.4 Å². The summed E-state index contributed by atoms with van der Waals surface area (Å²) in [6, 6.07) is 11.7. The van der Waals surface area contributed by atoms with E-state index in [0.717, 1.165) is 20.7 Å². The molecule has 2 atom stereocenters.